The number of non-ortho nitro benzene ring substituents is 1. The number of hydrogen-bond acceptors (Lipinski definition) is 5. The van der Waals surface area contributed by atoms with Gasteiger partial charge in [-0.3, -0.25) is 14.9 Å². The average Bonchev–Trinajstić information content (AvgIpc) is 2.46. The third-order valence-electron chi connectivity index (χ3n) is 3.02. The van der Waals surface area contributed by atoms with Gasteiger partial charge in [-0.15, -0.1) is 0 Å². The summed E-state index contributed by atoms with van der Waals surface area (Å²) in [4.78, 5) is 22.0. The molecule has 1 unspecified atom stereocenters. The van der Waals surface area contributed by atoms with Gasteiger partial charge in [0.25, 0.3) is 5.69 Å². The number of nitro benzene ring substituents is 1. The number of nitro groups is 1. The van der Waals surface area contributed by atoms with Crippen LogP contribution < -0.4 is 10.6 Å². The van der Waals surface area contributed by atoms with Gasteiger partial charge in [0.1, 0.15) is 0 Å². The zero-order valence-electron chi connectivity index (χ0n) is 11.0. The zero-order chi connectivity index (χ0) is 14.4. The molecule has 0 saturated carbocycles. The van der Waals surface area contributed by atoms with Crippen molar-refractivity contribution in [3.8, 4) is 0 Å². The first-order valence-corrected chi connectivity index (χ1v) is 6.47. The van der Waals surface area contributed by atoms with Crippen molar-refractivity contribution in [2.45, 2.75) is 12.5 Å². The van der Waals surface area contributed by atoms with E-state index >= 15 is 0 Å². The van der Waals surface area contributed by atoms with Crippen molar-refractivity contribution in [3.63, 3.8) is 0 Å². The number of benzene rings is 1. The van der Waals surface area contributed by atoms with Crippen LogP contribution in [0.25, 0.3) is 0 Å². The standard InChI is InChI=1S/C13H17N3O4/c17-13(15-9-12-8-14-4-5-20-12)7-10-2-1-3-11(6-10)16(18)19/h1-3,6,12,14H,4-5,7-9H2,(H,15,17). The smallest absolute Gasteiger partial charge is 0.269 e. The van der Waals surface area contributed by atoms with Crippen molar-refractivity contribution in [1.82, 2.24) is 10.6 Å². The lowest BCUT2D eigenvalue weighted by Gasteiger charge is -2.23. The van der Waals surface area contributed by atoms with Crippen molar-refractivity contribution in [3.05, 3.63) is 39.9 Å². The van der Waals surface area contributed by atoms with Crippen LogP contribution in [0.5, 0.6) is 0 Å². The van der Waals surface area contributed by atoms with E-state index in [9.17, 15) is 14.9 Å². The van der Waals surface area contributed by atoms with Crippen LogP contribution in [0.3, 0.4) is 0 Å². The van der Waals surface area contributed by atoms with E-state index in [-0.39, 0.29) is 24.1 Å². The maximum Gasteiger partial charge on any atom is 0.269 e. The molecular weight excluding hydrogens is 262 g/mol. The van der Waals surface area contributed by atoms with Gasteiger partial charge in [-0.05, 0) is 5.56 Å². The molecule has 0 bridgehead atoms. The molecule has 7 heteroatoms. The molecule has 1 fully saturated rings. The molecule has 1 heterocycles. The fourth-order valence-electron chi connectivity index (χ4n) is 2.01. The average molecular weight is 279 g/mol. The Kier molecular flexibility index (Phi) is 5.03. The van der Waals surface area contributed by atoms with Gasteiger partial charge in [-0.1, -0.05) is 12.1 Å². The number of ether oxygens (including phenoxy) is 1. The van der Waals surface area contributed by atoms with Gasteiger partial charge in [-0.25, -0.2) is 0 Å². The van der Waals surface area contributed by atoms with Gasteiger partial charge in [0.15, 0.2) is 0 Å². The Morgan fingerprint density at radius 1 is 1.55 bits per heavy atom. The van der Waals surface area contributed by atoms with E-state index < -0.39 is 4.92 Å². The van der Waals surface area contributed by atoms with Crippen molar-refractivity contribution < 1.29 is 14.5 Å². The maximum atomic E-state index is 11.8. The second kappa shape index (κ2) is 6.97. The Hall–Kier alpha value is -1.99. The number of rotatable bonds is 5. The molecular formula is C13H17N3O4. The quantitative estimate of drug-likeness (QED) is 0.595. The lowest BCUT2D eigenvalue weighted by Crippen LogP contribution is -2.45. The Bertz CT molecular complexity index is 486. The number of carbonyl (C=O) groups is 1. The molecule has 1 aromatic rings. The number of carbonyl (C=O) groups excluding carboxylic acids is 1. The third kappa shape index (κ3) is 4.29. The molecule has 108 valence electrons. The molecule has 7 nitrogen and oxygen atoms in total. The lowest BCUT2D eigenvalue weighted by atomic mass is 10.1. The van der Waals surface area contributed by atoms with Gasteiger partial charge in [-0.2, -0.15) is 0 Å². The monoisotopic (exact) mass is 279 g/mol. The third-order valence-corrected chi connectivity index (χ3v) is 3.02. The minimum Gasteiger partial charge on any atom is -0.374 e. The molecule has 0 aromatic heterocycles. The summed E-state index contributed by atoms with van der Waals surface area (Å²) in [6.45, 7) is 2.64. The molecule has 2 rings (SSSR count). The van der Waals surface area contributed by atoms with Crippen LogP contribution in [0, 0.1) is 10.1 Å². The van der Waals surface area contributed by atoms with E-state index in [2.05, 4.69) is 10.6 Å². The van der Waals surface area contributed by atoms with E-state index in [1.807, 2.05) is 0 Å². The number of amides is 1. The van der Waals surface area contributed by atoms with Gasteiger partial charge >= 0.3 is 0 Å². The highest BCUT2D eigenvalue weighted by Crippen LogP contribution is 2.13. The van der Waals surface area contributed by atoms with Gasteiger partial charge < -0.3 is 15.4 Å². The zero-order valence-corrected chi connectivity index (χ0v) is 11.0. The fraction of sp³-hybridized carbons (Fsp3) is 0.462. The molecule has 0 spiro atoms. The van der Waals surface area contributed by atoms with Crippen molar-refractivity contribution in [2.75, 3.05) is 26.2 Å². The number of nitrogens with zero attached hydrogens (tertiary/aromatic N) is 1. The van der Waals surface area contributed by atoms with Gasteiger partial charge in [0, 0.05) is 31.8 Å². The Labute approximate surface area is 116 Å². The first-order valence-electron chi connectivity index (χ1n) is 6.47. The largest absolute Gasteiger partial charge is 0.374 e. The molecule has 1 amide bonds. The second-order valence-electron chi connectivity index (χ2n) is 4.60. The minimum atomic E-state index is -0.469. The minimum absolute atomic E-state index is 0.00452. The van der Waals surface area contributed by atoms with Gasteiger partial charge in [0.2, 0.25) is 5.91 Å². The molecule has 1 aliphatic rings. The SMILES string of the molecule is O=C(Cc1cccc([N+](=O)[O-])c1)NCC1CNCCO1. The van der Waals surface area contributed by atoms with Crippen LogP contribution in [0.15, 0.2) is 24.3 Å². The van der Waals surface area contributed by atoms with E-state index in [0.717, 1.165) is 13.1 Å². The van der Waals surface area contributed by atoms with Gasteiger partial charge in [0.05, 0.1) is 24.1 Å². The summed E-state index contributed by atoms with van der Waals surface area (Å²) in [6, 6.07) is 6.10. The van der Waals surface area contributed by atoms with E-state index in [4.69, 9.17) is 4.74 Å². The maximum absolute atomic E-state index is 11.8. The van der Waals surface area contributed by atoms with Crippen LogP contribution in [-0.2, 0) is 16.0 Å². The number of nitrogens with one attached hydrogen (secondary N) is 2. The summed E-state index contributed by atoms with van der Waals surface area (Å²) in [5, 5.41) is 16.6. The molecule has 1 atom stereocenters. The molecule has 1 aliphatic heterocycles. The summed E-state index contributed by atoms with van der Waals surface area (Å²) in [6.07, 6.45) is 0.111. The molecule has 20 heavy (non-hydrogen) atoms. The molecule has 2 N–H and O–H groups in total. The first kappa shape index (κ1) is 14.4. The highest BCUT2D eigenvalue weighted by molar-refractivity contribution is 5.78. The van der Waals surface area contributed by atoms with E-state index in [1.54, 1.807) is 12.1 Å². The lowest BCUT2D eigenvalue weighted by molar-refractivity contribution is -0.384. The number of morpholine rings is 1. The predicted octanol–water partition coefficient (Wildman–Crippen LogP) is 0.242. The summed E-state index contributed by atoms with van der Waals surface area (Å²) in [7, 11) is 0. The first-order chi connectivity index (χ1) is 9.65. The fourth-order valence-corrected chi connectivity index (χ4v) is 2.01. The summed E-state index contributed by atoms with van der Waals surface area (Å²) >= 11 is 0. The molecule has 0 aliphatic carbocycles. The summed E-state index contributed by atoms with van der Waals surface area (Å²) in [5.74, 6) is -0.167. The molecule has 1 aromatic carbocycles. The Balaban J connectivity index is 1.81. The van der Waals surface area contributed by atoms with Crippen molar-refractivity contribution in [2.24, 2.45) is 0 Å². The van der Waals surface area contributed by atoms with E-state index in [0.29, 0.717) is 18.7 Å². The molecule has 1 saturated heterocycles. The summed E-state index contributed by atoms with van der Waals surface area (Å²) < 4.78 is 5.46. The van der Waals surface area contributed by atoms with Crippen LogP contribution >= 0.6 is 0 Å². The van der Waals surface area contributed by atoms with Crippen molar-refractivity contribution >= 4 is 11.6 Å². The topological polar surface area (TPSA) is 93.5 Å². The predicted molar refractivity (Wildman–Crippen MR) is 72.4 cm³/mol. The van der Waals surface area contributed by atoms with Crippen LogP contribution in [0.2, 0.25) is 0 Å². The van der Waals surface area contributed by atoms with Crippen molar-refractivity contribution in [1.29, 1.82) is 0 Å². The Morgan fingerprint density at radius 2 is 2.40 bits per heavy atom. The summed E-state index contributed by atoms with van der Waals surface area (Å²) in [5.41, 5.74) is 0.620. The Morgan fingerprint density at radius 3 is 3.10 bits per heavy atom. The van der Waals surface area contributed by atoms with Crippen LogP contribution in [0.1, 0.15) is 5.56 Å². The normalized spacial score (nSPS) is 18.5. The highest BCUT2D eigenvalue weighted by atomic mass is 16.6. The highest BCUT2D eigenvalue weighted by Gasteiger charge is 2.15. The van der Waals surface area contributed by atoms with Crippen LogP contribution in [-0.4, -0.2) is 43.2 Å². The second-order valence-corrected chi connectivity index (χ2v) is 4.60. The van der Waals surface area contributed by atoms with Crippen LogP contribution in [0.4, 0.5) is 5.69 Å². The molecule has 0 radical (unpaired) electrons. The van der Waals surface area contributed by atoms with E-state index in [1.165, 1.54) is 12.1 Å². The number of hydrogen-bond donors (Lipinski definition) is 2.